The predicted octanol–water partition coefficient (Wildman–Crippen LogP) is 2.47. The number of imidazole rings is 1. The minimum Gasteiger partial charge on any atom is -1.00 e. The number of hydrogen-bond donors (Lipinski definition) is 0. The molecule has 0 aliphatic heterocycles. The summed E-state index contributed by atoms with van der Waals surface area (Å²) >= 11 is 3.51. The molecule has 3 aromatic rings. The van der Waals surface area contributed by atoms with Gasteiger partial charge in [0.2, 0.25) is 6.33 Å². The highest BCUT2D eigenvalue weighted by Gasteiger charge is 2.17. The van der Waals surface area contributed by atoms with Gasteiger partial charge in [-0.2, -0.15) is 0 Å². The van der Waals surface area contributed by atoms with Crippen LogP contribution in [-0.4, -0.2) is 12.6 Å². The van der Waals surface area contributed by atoms with E-state index in [1.807, 2.05) is 0 Å². The van der Waals surface area contributed by atoms with Crippen molar-refractivity contribution in [2.75, 3.05) is 0 Å². The maximum atomic E-state index is 3.51. The molecule has 2 aromatic carbocycles. The van der Waals surface area contributed by atoms with Crippen LogP contribution >= 0.6 is 15.9 Å². The van der Waals surface area contributed by atoms with E-state index in [0.717, 1.165) is 17.6 Å². The number of nitrogens with zero attached hydrogens (tertiary/aromatic N) is 2. The van der Waals surface area contributed by atoms with Gasteiger partial charge in [0.15, 0.2) is 11.0 Å². The summed E-state index contributed by atoms with van der Waals surface area (Å²) in [5.74, 6) is 0. The Morgan fingerprint density at radius 1 is 1.00 bits per heavy atom. The Morgan fingerprint density at radius 2 is 1.68 bits per heavy atom. The van der Waals surface area contributed by atoms with Crippen molar-refractivity contribution in [3.63, 3.8) is 0 Å². The third-order valence-corrected chi connectivity index (χ3v) is 6.75. The molecule has 0 saturated heterocycles. The number of aromatic nitrogens is 2. The number of benzene rings is 2. The zero-order chi connectivity index (χ0) is 17.2. The lowest BCUT2D eigenvalue weighted by Crippen LogP contribution is -3.00. The average Bonchev–Trinajstić information content (AvgIpc) is 2.87. The summed E-state index contributed by atoms with van der Waals surface area (Å²) in [7, 11) is -0.963. The standard InChI is InChI=1S/C20H26BrN2Si.BrH/c1-24(2,3)14-6-13-22-16-23(20-8-5-4-7-19(20)22)15-17-9-11-18(21)12-10-17;/h4-5,7-12,16H,6,13-15H2,1-3H3;1H/q+1;/p-1. The summed E-state index contributed by atoms with van der Waals surface area (Å²) in [5.41, 5.74) is 3.98. The van der Waals surface area contributed by atoms with E-state index >= 15 is 0 Å². The van der Waals surface area contributed by atoms with Crippen LogP contribution in [0.25, 0.3) is 11.0 Å². The molecule has 1 heterocycles. The molecule has 0 spiro atoms. The first kappa shape index (κ1) is 20.4. The molecule has 5 heteroatoms. The van der Waals surface area contributed by atoms with Crippen LogP contribution in [0.3, 0.4) is 0 Å². The molecule has 3 rings (SSSR count). The topological polar surface area (TPSA) is 8.81 Å². The van der Waals surface area contributed by atoms with Gasteiger partial charge in [0.1, 0.15) is 6.54 Å². The molecule has 0 N–H and O–H groups in total. The second-order valence-corrected chi connectivity index (χ2v) is 14.3. The summed E-state index contributed by atoms with van der Waals surface area (Å²) in [6.07, 6.45) is 3.56. The van der Waals surface area contributed by atoms with Gasteiger partial charge in [-0.1, -0.05) is 65.9 Å². The fourth-order valence-electron chi connectivity index (χ4n) is 3.11. The lowest BCUT2D eigenvalue weighted by atomic mass is 10.2. The van der Waals surface area contributed by atoms with E-state index < -0.39 is 8.07 Å². The molecule has 0 bridgehead atoms. The Bertz CT molecular complexity index is 820. The SMILES string of the molecule is C[Si](C)(C)CCCn1c[n+](Cc2ccc(Br)cc2)c2ccccc21.[Br-]. The molecule has 0 atom stereocenters. The highest BCUT2D eigenvalue weighted by molar-refractivity contribution is 9.10. The van der Waals surface area contributed by atoms with Gasteiger partial charge in [0.25, 0.3) is 0 Å². The molecule has 0 unspecified atom stereocenters. The van der Waals surface area contributed by atoms with Crippen LogP contribution in [0, 0.1) is 0 Å². The maximum Gasteiger partial charge on any atom is 0.245 e. The number of halogens is 2. The minimum absolute atomic E-state index is 0. The Kier molecular flexibility index (Phi) is 7.06. The number of para-hydroxylation sites is 2. The van der Waals surface area contributed by atoms with Crippen LogP contribution < -0.4 is 21.5 Å². The van der Waals surface area contributed by atoms with Crippen molar-refractivity contribution in [2.45, 2.75) is 45.2 Å². The van der Waals surface area contributed by atoms with Gasteiger partial charge in [-0.3, -0.25) is 0 Å². The zero-order valence-electron chi connectivity index (χ0n) is 15.2. The summed E-state index contributed by atoms with van der Waals surface area (Å²) in [5, 5.41) is 0. The molecule has 1 aromatic heterocycles. The van der Waals surface area contributed by atoms with Crippen molar-refractivity contribution in [1.82, 2.24) is 4.57 Å². The maximum absolute atomic E-state index is 3.51. The van der Waals surface area contributed by atoms with Crippen molar-refractivity contribution in [3.05, 3.63) is 64.9 Å². The molecule has 25 heavy (non-hydrogen) atoms. The third-order valence-electron chi connectivity index (χ3n) is 4.37. The molecule has 0 saturated carbocycles. The number of fused-ring (bicyclic) bond motifs is 1. The van der Waals surface area contributed by atoms with Crippen LogP contribution in [-0.2, 0) is 13.1 Å². The highest BCUT2D eigenvalue weighted by atomic mass is 79.9. The third kappa shape index (κ3) is 5.53. The van der Waals surface area contributed by atoms with E-state index in [0.29, 0.717) is 0 Å². The fraction of sp³-hybridized carbons (Fsp3) is 0.350. The largest absolute Gasteiger partial charge is 1.00 e. The molecule has 0 amide bonds. The van der Waals surface area contributed by atoms with Gasteiger partial charge in [-0.25, -0.2) is 9.13 Å². The zero-order valence-corrected chi connectivity index (χ0v) is 19.3. The summed E-state index contributed by atoms with van der Waals surface area (Å²) in [6.45, 7) is 9.38. The molecular weight excluding hydrogens is 456 g/mol. The molecular formula is C20H26Br2N2Si. The lowest BCUT2D eigenvalue weighted by molar-refractivity contribution is -0.663. The number of hydrogen-bond acceptors (Lipinski definition) is 0. The van der Waals surface area contributed by atoms with Crippen LogP contribution in [0.1, 0.15) is 12.0 Å². The fourth-order valence-corrected chi connectivity index (χ4v) is 4.60. The van der Waals surface area contributed by atoms with Crippen LogP contribution in [0.15, 0.2) is 59.3 Å². The van der Waals surface area contributed by atoms with Crippen molar-refractivity contribution in [3.8, 4) is 0 Å². The van der Waals surface area contributed by atoms with Gasteiger partial charge in [-0.05, 0) is 36.2 Å². The Balaban J connectivity index is 0.00000225. The molecule has 0 radical (unpaired) electrons. The monoisotopic (exact) mass is 480 g/mol. The van der Waals surface area contributed by atoms with Crippen LogP contribution in [0.5, 0.6) is 0 Å². The first-order chi connectivity index (χ1) is 11.4. The van der Waals surface area contributed by atoms with Crippen molar-refractivity contribution >= 4 is 35.0 Å². The van der Waals surface area contributed by atoms with Crippen molar-refractivity contribution < 1.29 is 21.5 Å². The normalized spacial score (nSPS) is 11.5. The van der Waals surface area contributed by atoms with Crippen LogP contribution in [0.2, 0.25) is 25.7 Å². The summed E-state index contributed by atoms with van der Waals surface area (Å²) in [4.78, 5) is 0. The minimum atomic E-state index is -0.963. The second-order valence-electron chi connectivity index (χ2n) is 7.72. The Labute approximate surface area is 170 Å². The molecule has 2 nitrogen and oxygen atoms in total. The molecule has 0 aliphatic carbocycles. The number of aryl methyl sites for hydroxylation is 1. The Hall–Kier alpha value is -0.913. The van der Waals surface area contributed by atoms with Crippen molar-refractivity contribution in [1.29, 1.82) is 0 Å². The molecule has 134 valence electrons. The van der Waals surface area contributed by atoms with Gasteiger partial charge in [-0.15, -0.1) is 0 Å². The quantitative estimate of drug-likeness (QED) is 0.377. The highest BCUT2D eigenvalue weighted by Crippen LogP contribution is 2.16. The average molecular weight is 482 g/mol. The molecule has 0 aliphatic rings. The molecule has 0 fully saturated rings. The van der Waals surface area contributed by atoms with Gasteiger partial charge in [0.05, 0.1) is 6.54 Å². The van der Waals surface area contributed by atoms with E-state index in [1.54, 1.807) is 0 Å². The van der Waals surface area contributed by atoms with Gasteiger partial charge in [0, 0.05) is 12.5 Å². The van der Waals surface area contributed by atoms with Crippen LogP contribution in [0.4, 0.5) is 0 Å². The van der Waals surface area contributed by atoms with E-state index in [1.165, 1.54) is 29.1 Å². The number of rotatable bonds is 6. The predicted molar refractivity (Wildman–Crippen MR) is 108 cm³/mol. The first-order valence-corrected chi connectivity index (χ1v) is 13.1. The van der Waals surface area contributed by atoms with E-state index in [9.17, 15) is 0 Å². The summed E-state index contributed by atoms with van der Waals surface area (Å²) in [6, 6.07) is 18.7. The van der Waals surface area contributed by atoms with E-state index in [4.69, 9.17) is 0 Å². The van der Waals surface area contributed by atoms with E-state index in [2.05, 4.69) is 99.6 Å². The second kappa shape index (κ2) is 8.65. The smallest absolute Gasteiger partial charge is 0.245 e. The Morgan fingerprint density at radius 3 is 2.36 bits per heavy atom. The first-order valence-electron chi connectivity index (χ1n) is 8.64. The van der Waals surface area contributed by atoms with Crippen molar-refractivity contribution in [2.24, 2.45) is 0 Å². The lowest BCUT2D eigenvalue weighted by Gasteiger charge is -2.14. The van der Waals surface area contributed by atoms with Gasteiger partial charge < -0.3 is 17.0 Å². The van der Waals surface area contributed by atoms with E-state index in [-0.39, 0.29) is 17.0 Å². The van der Waals surface area contributed by atoms with Gasteiger partial charge >= 0.3 is 0 Å². The summed E-state index contributed by atoms with van der Waals surface area (Å²) < 4.78 is 5.92.